The van der Waals surface area contributed by atoms with E-state index in [-0.39, 0.29) is 5.91 Å². The molecule has 108 valence electrons. The number of fused-ring (bicyclic) bond motifs is 1. The van der Waals surface area contributed by atoms with Crippen LogP contribution in [-0.2, 0) is 4.79 Å². The number of carbonyl (C=O) groups excluding carboxylic acids is 1. The third-order valence-corrected chi connectivity index (χ3v) is 4.38. The van der Waals surface area contributed by atoms with Crippen molar-refractivity contribution in [3.05, 3.63) is 29.5 Å². The van der Waals surface area contributed by atoms with E-state index in [9.17, 15) is 4.79 Å². The topological polar surface area (TPSA) is 85.1 Å². The van der Waals surface area contributed by atoms with Crippen LogP contribution < -0.4 is 5.32 Å². The summed E-state index contributed by atoms with van der Waals surface area (Å²) in [5.41, 5.74) is 1.62. The van der Waals surface area contributed by atoms with Crippen LogP contribution in [0.3, 0.4) is 0 Å². The summed E-state index contributed by atoms with van der Waals surface area (Å²) >= 11 is 2.95. The largest absolute Gasteiger partial charge is 0.302 e. The van der Waals surface area contributed by atoms with Gasteiger partial charge in [0.1, 0.15) is 11.4 Å². The first kappa shape index (κ1) is 14.0. The normalized spacial score (nSPS) is 10.9. The smallest absolute Gasteiger partial charge is 0.226 e. The summed E-state index contributed by atoms with van der Waals surface area (Å²) in [5, 5.41) is 18.2. The number of aryl methyl sites for hydroxylation is 1. The number of nitrogens with zero attached hydrogens (tertiary/aromatic N) is 5. The van der Waals surface area contributed by atoms with Gasteiger partial charge in [-0.05, 0) is 19.1 Å². The Balaban J connectivity index is 1.49. The molecule has 21 heavy (non-hydrogen) atoms. The predicted octanol–water partition coefficient (Wildman–Crippen LogP) is 2.01. The Labute approximate surface area is 128 Å². The number of nitrogens with one attached hydrogen (secondary N) is 1. The molecule has 0 unspecified atom stereocenters. The molecule has 0 spiro atoms. The van der Waals surface area contributed by atoms with E-state index >= 15 is 0 Å². The predicted molar refractivity (Wildman–Crippen MR) is 81.6 cm³/mol. The summed E-state index contributed by atoms with van der Waals surface area (Å²) in [6, 6.07) is 3.72. The average Bonchev–Trinajstić information content (AvgIpc) is 3.07. The molecular weight excluding hydrogens is 308 g/mol. The van der Waals surface area contributed by atoms with Gasteiger partial charge >= 0.3 is 0 Å². The number of thioether (sulfide) groups is 1. The highest BCUT2D eigenvalue weighted by Gasteiger charge is 2.06. The number of thiazole rings is 1. The number of carbonyl (C=O) groups is 1. The maximum atomic E-state index is 11.8. The monoisotopic (exact) mass is 320 g/mol. The van der Waals surface area contributed by atoms with E-state index in [0.29, 0.717) is 23.0 Å². The van der Waals surface area contributed by atoms with Gasteiger partial charge in [0.2, 0.25) is 5.91 Å². The van der Waals surface area contributed by atoms with Gasteiger partial charge in [0.25, 0.3) is 0 Å². The standard InChI is InChI=1S/C12H12N6OS2/c1-8-6-21-12(14-8)15-10(19)4-5-20-11-3-2-9-16-13-7-18(9)17-11/h2-3,6-7H,4-5H2,1H3,(H,14,15,19). The van der Waals surface area contributed by atoms with Gasteiger partial charge in [-0.25, -0.2) is 4.98 Å². The highest BCUT2D eigenvalue weighted by molar-refractivity contribution is 7.99. The Hall–Kier alpha value is -2.00. The number of rotatable bonds is 5. The molecule has 1 amide bonds. The molecule has 0 saturated heterocycles. The zero-order chi connectivity index (χ0) is 14.7. The molecule has 0 aliphatic carbocycles. The van der Waals surface area contributed by atoms with Crippen LogP contribution in [0.2, 0.25) is 0 Å². The second-order valence-corrected chi connectivity index (χ2v) is 6.22. The van der Waals surface area contributed by atoms with Crippen molar-refractivity contribution in [2.24, 2.45) is 0 Å². The van der Waals surface area contributed by atoms with E-state index in [1.165, 1.54) is 23.1 Å². The maximum Gasteiger partial charge on any atom is 0.226 e. The van der Waals surface area contributed by atoms with Crippen LogP contribution in [0.25, 0.3) is 5.65 Å². The van der Waals surface area contributed by atoms with Gasteiger partial charge in [0.05, 0.1) is 5.69 Å². The Morgan fingerprint density at radius 2 is 2.38 bits per heavy atom. The van der Waals surface area contributed by atoms with Gasteiger partial charge in [0.15, 0.2) is 10.8 Å². The zero-order valence-corrected chi connectivity index (χ0v) is 12.8. The first-order valence-electron chi connectivity index (χ1n) is 6.22. The van der Waals surface area contributed by atoms with Crippen molar-refractivity contribution in [1.29, 1.82) is 0 Å². The number of hydrogen-bond donors (Lipinski definition) is 1. The Bertz CT molecular complexity index is 768. The highest BCUT2D eigenvalue weighted by atomic mass is 32.2. The lowest BCUT2D eigenvalue weighted by atomic mass is 10.4. The van der Waals surface area contributed by atoms with Crippen LogP contribution in [0, 0.1) is 6.92 Å². The van der Waals surface area contributed by atoms with E-state index in [2.05, 4.69) is 25.6 Å². The van der Waals surface area contributed by atoms with Gasteiger partial charge in [-0.15, -0.1) is 33.3 Å². The lowest BCUT2D eigenvalue weighted by Gasteiger charge is -2.02. The molecule has 0 aromatic carbocycles. The van der Waals surface area contributed by atoms with E-state index in [1.807, 2.05) is 24.4 Å². The molecule has 0 aliphatic heterocycles. The number of aromatic nitrogens is 5. The molecule has 0 aliphatic rings. The fourth-order valence-electron chi connectivity index (χ4n) is 1.63. The SMILES string of the molecule is Cc1csc(NC(=O)CCSc2ccc3nncn3n2)n1. The molecule has 3 aromatic heterocycles. The van der Waals surface area contributed by atoms with E-state index in [0.717, 1.165) is 10.7 Å². The van der Waals surface area contributed by atoms with Crippen molar-refractivity contribution < 1.29 is 4.79 Å². The minimum Gasteiger partial charge on any atom is -0.302 e. The van der Waals surface area contributed by atoms with Crippen LogP contribution in [0.4, 0.5) is 5.13 Å². The lowest BCUT2D eigenvalue weighted by molar-refractivity contribution is -0.115. The van der Waals surface area contributed by atoms with Crippen molar-refractivity contribution in [2.45, 2.75) is 18.4 Å². The zero-order valence-electron chi connectivity index (χ0n) is 11.2. The Kier molecular flexibility index (Phi) is 4.11. The van der Waals surface area contributed by atoms with Gasteiger partial charge in [-0.2, -0.15) is 9.61 Å². The van der Waals surface area contributed by atoms with Gasteiger partial charge in [-0.3, -0.25) is 4.79 Å². The van der Waals surface area contributed by atoms with E-state index < -0.39 is 0 Å². The van der Waals surface area contributed by atoms with Gasteiger partial charge in [-0.1, -0.05) is 0 Å². The summed E-state index contributed by atoms with van der Waals surface area (Å²) < 4.78 is 1.61. The molecule has 0 fully saturated rings. The van der Waals surface area contributed by atoms with Crippen LogP contribution >= 0.6 is 23.1 Å². The van der Waals surface area contributed by atoms with Crippen molar-refractivity contribution in [3.63, 3.8) is 0 Å². The third-order valence-electron chi connectivity index (χ3n) is 2.58. The Morgan fingerprint density at radius 3 is 3.19 bits per heavy atom. The fourth-order valence-corrected chi connectivity index (χ4v) is 3.14. The quantitative estimate of drug-likeness (QED) is 0.724. The van der Waals surface area contributed by atoms with Crippen molar-refractivity contribution in [2.75, 3.05) is 11.1 Å². The molecule has 0 bridgehead atoms. The first-order chi connectivity index (χ1) is 10.2. The van der Waals surface area contributed by atoms with Crippen molar-refractivity contribution >= 4 is 39.8 Å². The van der Waals surface area contributed by atoms with Crippen LogP contribution in [0.15, 0.2) is 28.9 Å². The van der Waals surface area contributed by atoms with Crippen LogP contribution in [0.1, 0.15) is 12.1 Å². The Morgan fingerprint density at radius 1 is 1.48 bits per heavy atom. The molecule has 1 N–H and O–H groups in total. The summed E-state index contributed by atoms with van der Waals surface area (Å²) in [6.45, 7) is 1.90. The third kappa shape index (κ3) is 3.56. The maximum absolute atomic E-state index is 11.8. The molecule has 3 rings (SSSR count). The lowest BCUT2D eigenvalue weighted by Crippen LogP contribution is -2.12. The molecule has 7 nitrogen and oxygen atoms in total. The molecule has 3 heterocycles. The van der Waals surface area contributed by atoms with Crippen molar-refractivity contribution in [1.82, 2.24) is 24.8 Å². The summed E-state index contributed by atoms with van der Waals surface area (Å²) in [4.78, 5) is 16.0. The first-order valence-corrected chi connectivity index (χ1v) is 8.09. The number of hydrogen-bond acceptors (Lipinski definition) is 7. The molecule has 9 heteroatoms. The average molecular weight is 320 g/mol. The minimum absolute atomic E-state index is 0.0396. The molecule has 3 aromatic rings. The summed E-state index contributed by atoms with van der Waals surface area (Å²) in [6.07, 6.45) is 1.96. The van der Waals surface area contributed by atoms with Crippen molar-refractivity contribution in [3.8, 4) is 0 Å². The molecule has 0 atom stereocenters. The van der Waals surface area contributed by atoms with Crippen LogP contribution in [0.5, 0.6) is 0 Å². The van der Waals surface area contributed by atoms with Crippen LogP contribution in [-0.4, -0.2) is 36.5 Å². The molecule has 0 radical (unpaired) electrons. The van der Waals surface area contributed by atoms with E-state index in [4.69, 9.17) is 0 Å². The summed E-state index contributed by atoms with van der Waals surface area (Å²) in [5.74, 6) is 0.610. The highest BCUT2D eigenvalue weighted by Crippen LogP contribution is 2.18. The second-order valence-electron chi connectivity index (χ2n) is 4.25. The second kappa shape index (κ2) is 6.19. The number of amides is 1. The molecule has 0 saturated carbocycles. The summed E-state index contributed by atoms with van der Waals surface area (Å²) in [7, 11) is 0. The fraction of sp³-hybridized carbons (Fsp3) is 0.250. The van der Waals surface area contributed by atoms with Gasteiger partial charge in [0, 0.05) is 17.6 Å². The minimum atomic E-state index is -0.0396. The molecular formula is C12H12N6OS2. The van der Waals surface area contributed by atoms with Gasteiger partial charge < -0.3 is 5.32 Å². The number of anilines is 1. The van der Waals surface area contributed by atoms with E-state index in [1.54, 1.807) is 10.8 Å².